The Hall–Kier alpha value is -2.38. The second kappa shape index (κ2) is 5.55. The molecule has 0 N–H and O–H groups in total. The van der Waals surface area contributed by atoms with E-state index in [1.807, 2.05) is 66.2 Å². The van der Waals surface area contributed by atoms with E-state index < -0.39 is 0 Å². The van der Waals surface area contributed by atoms with Crippen molar-refractivity contribution in [1.29, 1.82) is 5.26 Å². The minimum Gasteiger partial charge on any atom is -0.327 e. The number of aryl methyl sites for hydroxylation is 1. The monoisotopic (exact) mass is 337 g/mol. The van der Waals surface area contributed by atoms with Gasteiger partial charge in [-0.1, -0.05) is 40.2 Å². The van der Waals surface area contributed by atoms with Crippen LogP contribution in [0.4, 0.5) is 0 Å². The Labute approximate surface area is 131 Å². The van der Waals surface area contributed by atoms with Gasteiger partial charge in [0.1, 0.15) is 6.07 Å². The van der Waals surface area contributed by atoms with Crippen molar-refractivity contribution in [3.63, 3.8) is 0 Å². The smallest absolute Gasteiger partial charge is 0.151 e. The molecule has 4 heteroatoms. The maximum absolute atomic E-state index is 9.48. The van der Waals surface area contributed by atoms with Crippen molar-refractivity contribution in [3.05, 3.63) is 64.4 Å². The summed E-state index contributed by atoms with van der Waals surface area (Å²) < 4.78 is 2.93. The van der Waals surface area contributed by atoms with E-state index in [0.717, 1.165) is 21.1 Å². The van der Waals surface area contributed by atoms with Gasteiger partial charge in [0.15, 0.2) is 5.82 Å². The number of benzene rings is 2. The van der Waals surface area contributed by atoms with E-state index in [0.29, 0.717) is 11.4 Å². The third-order valence-corrected chi connectivity index (χ3v) is 3.80. The van der Waals surface area contributed by atoms with Crippen LogP contribution in [0.25, 0.3) is 22.7 Å². The zero-order valence-corrected chi connectivity index (χ0v) is 13.0. The van der Waals surface area contributed by atoms with Crippen LogP contribution >= 0.6 is 15.9 Å². The van der Waals surface area contributed by atoms with Gasteiger partial charge in [-0.15, -0.1) is 0 Å². The first-order chi connectivity index (χ1) is 10.2. The molecule has 21 heavy (non-hydrogen) atoms. The van der Waals surface area contributed by atoms with Crippen molar-refractivity contribution in [2.75, 3.05) is 0 Å². The van der Waals surface area contributed by atoms with E-state index in [1.165, 1.54) is 0 Å². The number of hydrogen-bond donors (Lipinski definition) is 0. The van der Waals surface area contributed by atoms with Crippen molar-refractivity contribution >= 4 is 38.6 Å². The van der Waals surface area contributed by atoms with Crippen molar-refractivity contribution in [3.8, 4) is 6.07 Å². The summed E-state index contributed by atoms with van der Waals surface area (Å²) in [4.78, 5) is 4.56. The number of allylic oxidation sites excluding steroid dienone is 1. The van der Waals surface area contributed by atoms with Crippen molar-refractivity contribution in [1.82, 2.24) is 9.55 Å². The van der Waals surface area contributed by atoms with Crippen molar-refractivity contribution < 1.29 is 0 Å². The number of para-hydroxylation sites is 2. The van der Waals surface area contributed by atoms with Crippen LogP contribution in [0.15, 0.2) is 53.0 Å². The van der Waals surface area contributed by atoms with E-state index >= 15 is 0 Å². The van der Waals surface area contributed by atoms with Crippen LogP contribution in [-0.2, 0) is 7.05 Å². The van der Waals surface area contributed by atoms with E-state index in [1.54, 1.807) is 0 Å². The van der Waals surface area contributed by atoms with E-state index in [-0.39, 0.29) is 0 Å². The topological polar surface area (TPSA) is 41.6 Å². The van der Waals surface area contributed by atoms with Crippen LogP contribution < -0.4 is 0 Å². The fourth-order valence-corrected chi connectivity index (χ4v) is 2.71. The van der Waals surface area contributed by atoms with Crippen molar-refractivity contribution in [2.45, 2.75) is 0 Å². The molecular weight excluding hydrogens is 326 g/mol. The average molecular weight is 338 g/mol. The molecule has 0 fully saturated rings. The second-order valence-corrected chi connectivity index (χ2v) is 5.62. The predicted molar refractivity (Wildman–Crippen MR) is 88.3 cm³/mol. The number of halogens is 1. The minimum absolute atomic E-state index is 0.548. The standard InChI is InChI=1S/C17H12BrN3/c1-21-16-8-3-2-7-15(16)20-17(21)13(11-19)9-12-5-4-6-14(18)10-12/h2-10H,1H3/b13-9-. The molecule has 0 saturated carbocycles. The van der Waals surface area contributed by atoms with Gasteiger partial charge in [-0.25, -0.2) is 4.98 Å². The molecule has 0 bridgehead atoms. The maximum Gasteiger partial charge on any atom is 0.151 e. The van der Waals surface area contributed by atoms with Crippen LogP contribution in [0.2, 0.25) is 0 Å². The number of aromatic nitrogens is 2. The van der Waals surface area contributed by atoms with Gasteiger partial charge < -0.3 is 4.57 Å². The molecule has 1 heterocycles. The summed E-state index contributed by atoms with van der Waals surface area (Å²) in [6, 6.07) is 18.0. The molecule has 0 aliphatic carbocycles. The summed E-state index contributed by atoms with van der Waals surface area (Å²) in [5, 5.41) is 9.48. The molecule has 0 amide bonds. The van der Waals surface area contributed by atoms with Crippen LogP contribution in [0.1, 0.15) is 11.4 Å². The Balaban J connectivity index is 2.15. The van der Waals surface area contributed by atoms with Gasteiger partial charge in [0.25, 0.3) is 0 Å². The fraction of sp³-hybridized carbons (Fsp3) is 0.0588. The number of hydrogen-bond acceptors (Lipinski definition) is 2. The molecule has 0 saturated heterocycles. The zero-order chi connectivity index (χ0) is 14.8. The number of imidazole rings is 1. The van der Waals surface area contributed by atoms with Gasteiger partial charge in [-0.2, -0.15) is 5.26 Å². The Morgan fingerprint density at radius 3 is 2.76 bits per heavy atom. The lowest BCUT2D eigenvalue weighted by molar-refractivity contribution is 0.925. The molecule has 0 unspecified atom stereocenters. The molecule has 3 nitrogen and oxygen atoms in total. The molecule has 0 aliphatic heterocycles. The van der Waals surface area contributed by atoms with Crippen molar-refractivity contribution in [2.24, 2.45) is 7.05 Å². The quantitative estimate of drug-likeness (QED) is 0.650. The minimum atomic E-state index is 0.548. The summed E-state index contributed by atoms with van der Waals surface area (Å²) in [6.45, 7) is 0. The Kier molecular flexibility index (Phi) is 3.59. The van der Waals surface area contributed by atoms with Gasteiger partial charge in [-0.3, -0.25) is 0 Å². The first-order valence-corrected chi connectivity index (χ1v) is 7.27. The summed E-state index contributed by atoms with van der Waals surface area (Å²) in [5.41, 5.74) is 3.42. The van der Waals surface area contributed by atoms with Gasteiger partial charge in [0.2, 0.25) is 0 Å². The van der Waals surface area contributed by atoms with Crippen LogP contribution in [-0.4, -0.2) is 9.55 Å². The summed E-state index contributed by atoms with van der Waals surface area (Å²) in [6.07, 6.45) is 1.85. The SMILES string of the molecule is Cn1c(/C(C#N)=C\c2cccc(Br)c2)nc2ccccc21. The molecule has 2 aromatic carbocycles. The molecule has 0 aliphatic rings. The third kappa shape index (κ3) is 2.61. The first-order valence-electron chi connectivity index (χ1n) is 6.48. The highest BCUT2D eigenvalue weighted by atomic mass is 79.9. The van der Waals surface area contributed by atoms with Gasteiger partial charge in [0, 0.05) is 11.5 Å². The molecule has 0 atom stereocenters. The lowest BCUT2D eigenvalue weighted by Gasteiger charge is -2.01. The summed E-state index contributed by atoms with van der Waals surface area (Å²) >= 11 is 3.44. The molecule has 1 aromatic heterocycles. The Bertz CT molecular complexity index is 884. The molecule has 3 aromatic rings. The molecule has 102 valence electrons. The summed E-state index contributed by atoms with van der Waals surface area (Å²) in [5.74, 6) is 0.679. The highest BCUT2D eigenvalue weighted by Gasteiger charge is 2.11. The number of fused-ring (bicyclic) bond motifs is 1. The van der Waals surface area contributed by atoms with E-state index in [9.17, 15) is 5.26 Å². The van der Waals surface area contributed by atoms with E-state index in [2.05, 4.69) is 27.0 Å². The third-order valence-electron chi connectivity index (χ3n) is 3.31. The predicted octanol–water partition coefficient (Wildman–Crippen LogP) is 4.40. The van der Waals surface area contributed by atoms with Gasteiger partial charge >= 0.3 is 0 Å². The number of rotatable bonds is 2. The largest absolute Gasteiger partial charge is 0.327 e. The highest BCUT2D eigenvalue weighted by molar-refractivity contribution is 9.10. The molecule has 0 radical (unpaired) electrons. The van der Waals surface area contributed by atoms with Gasteiger partial charge in [0.05, 0.1) is 16.6 Å². The van der Waals surface area contributed by atoms with E-state index in [4.69, 9.17) is 0 Å². The zero-order valence-electron chi connectivity index (χ0n) is 11.4. The van der Waals surface area contributed by atoms with Gasteiger partial charge in [-0.05, 0) is 35.9 Å². The maximum atomic E-state index is 9.48. The lowest BCUT2D eigenvalue weighted by atomic mass is 10.1. The first kappa shape index (κ1) is 13.6. The number of nitrogens with zero attached hydrogens (tertiary/aromatic N) is 3. The van der Waals surface area contributed by atoms with Crippen LogP contribution in [0.3, 0.4) is 0 Å². The molecule has 0 spiro atoms. The molecular formula is C17H12BrN3. The second-order valence-electron chi connectivity index (χ2n) is 4.71. The Morgan fingerprint density at radius 1 is 1.24 bits per heavy atom. The normalized spacial score (nSPS) is 11.6. The van der Waals surface area contributed by atoms with Crippen LogP contribution in [0, 0.1) is 11.3 Å². The summed E-state index contributed by atoms with van der Waals surface area (Å²) in [7, 11) is 1.93. The average Bonchev–Trinajstić information content (AvgIpc) is 2.82. The van der Waals surface area contributed by atoms with Crippen LogP contribution in [0.5, 0.6) is 0 Å². The highest BCUT2D eigenvalue weighted by Crippen LogP contribution is 2.22. The number of nitriles is 1. The molecule has 3 rings (SSSR count). The Morgan fingerprint density at radius 2 is 2.05 bits per heavy atom. The fourth-order valence-electron chi connectivity index (χ4n) is 2.30. The lowest BCUT2D eigenvalue weighted by Crippen LogP contribution is -1.96.